The van der Waals surface area contributed by atoms with E-state index in [0.29, 0.717) is 38.7 Å². The van der Waals surface area contributed by atoms with Crippen molar-refractivity contribution in [1.29, 1.82) is 0 Å². The monoisotopic (exact) mass is 451 g/mol. The average Bonchev–Trinajstić information content (AvgIpc) is 3.20. The summed E-state index contributed by atoms with van der Waals surface area (Å²) in [5.74, 6) is 1.80. The quantitative estimate of drug-likeness (QED) is 0.509. The van der Waals surface area contributed by atoms with Crippen LogP contribution >= 0.6 is 23.2 Å². The summed E-state index contributed by atoms with van der Waals surface area (Å²) in [5.41, 5.74) is 0.668. The van der Waals surface area contributed by atoms with Crippen molar-refractivity contribution in [3.05, 3.63) is 52.3 Å². The number of likely N-dealkylation sites (N-methyl/N-ethyl adjacent to an activating group) is 1. The van der Waals surface area contributed by atoms with Crippen LogP contribution in [0.4, 0.5) is 0 Å². The normalized spacial score (nSPS) is 10.6. The molecule has 0 unspecified atom stereocenters. The van der Waals surface area contributed by atoms with Crippen LogP contribution in [0.5, 0.6) is 17.2 Å². The van der Waals surface area contributed by atoms with Gasteiger partial charge in [-0.3, -0.25) is 4.79 Å². The summed E-state index contributed by atoms with van der Waals surface area (Å²) in [4.78, 5) is 13.8. The van der Waals surface area contributed by atoms with E-state index in [2.05, 4.69) is 10.2 Å². The van der Waals surface area contributed by atoms with Gasteiger partial charge >= 0.3 is 0 Å². The molecular formula is C20H19Cl2N3O5. The highest BCUT2D eigenvalue weighted by atomic mass is 35.5. The van der Waals surface area contributed by atoms with Crippen molar-refractivity contribution in [3.8, 4) is 28.7 Å². The van der Waals surface area contributed by atoms with E-state index in [1.807, 2.05) is 0 Å². The molecule has 0 radical (unpaired) electrons. The third-order valence-corrected chi connectivity index (χ3v) is 4.67. The Balaban J connectivity index is 1.61. The van der Waals surface area contributed by atoms with Gasteiger partial charge in [-0.2, -0.15) is 0 Å². The van der Waals surface area contributed by atoms with Crippen LogP contribution < -0.4 is 14.2 Å². The van der Waals surface area contributed by atoms with Crippen LogP contribution in [0.25, 0.3) is 11.5 Å². The van der Waals surface area contributed by atoms with E-state index < -0.39 is 0 Å². The molecule has 0 N–H and O–H groups in total. The first-order valence-electron chi connectivity index (χ1n) is 8.78. The Kier molecular flexibility index (Phi) is 7.02. The average molecular weight is 452 g/mol. The van der Waals surface area contributed by atoms with Gasteiger partial charge in [-0.25, -0.2) is 0 Å². The molecule has 0 spiro atoms. The second-order valence-corrected chi connectivity index (χ2v) is 7.03. The molecule has 0 bridgehead atoms. The first-order valence-corrected chi connectivity index (χ1v) is 9.53. The molecule has 0 aliphatic heterocycles. The number of hydrogen-bond donors (Lipinski definition) is 0. The molecule has 8 nitrogen and oxygen atoms in total. The number of aromatic nitrogens is 2. The standard InChI is InChI=1S/C20H19Cl2N3O5/c1-25(19(26)11-29-15-7-5-13(21)9-14(15)22)10-18-23-24-20(30-18)12-4-6-16(27-2)17(8-12)28-3/h4-9H,10-11H2,1-3H3. The third-order valence-electron chi connectivity index (χ3n) is 4.14. The lowest BCUT2D eigenvalue weighted by Gasteiger charge is -2.15. The summed E-state index contributed by atoms with van der Waals surface area (Å²) < 4.78 is 21.6. The summed E-state index contributed by atoms with van der Waals surface area (Å²) in [6.45, 7) is -0.0780. The van der Waals surface area contributed by atoms with Gasteiger partial charge in [-0.1, -0.05) is 23.2 Å². The van der Waals surface area contributed by atoms with E-state index in [-0.39, 0.29) is 24.9 Å². The molecule has 158 valence electrons. The van der Waals surface area contributed by atoms with Gasteiger partial charge in [0.2, 0.25) is 11.8 Å². The molecule has 0 aliphatic rings. The Labute approximate surface area is 183 Å². The number of hydrogen-bond acceptors (Lipinski definition) is 7. The molecule has 0 saturated heterocycles. The number of rotatable bonds is 8. The Bertz CT molecular complexity index is 1040. The lowest BCUT2D eigenvalue weighted by atomic mass is 10.2. The highest BCUT2D eigenvalue weighted by molar-refractivity contribution is 6.35. The van der Waals surface area contributed by atoms with Crippen molar-refractivity contribution < 1.29 is 23.4 Å². The van der Waals surface area contributed by atoms with Gasteiger partial charge in [0.05, 0.1) is 25.8 Å². The molecule has 1 aromatic heterocycles. The van der Waals surface area contributed by atoms with Gasteiger partial charge in [0.1, 0.15) is 5.75 Å². The fourth-order valence-corrected chi connectivity index (χ4v) is 3.00. The molecule has 0 saturated carbocycles. The first kappa shape index (κ1) is 21.7. The highest BCUT2D eigenvalue weighted by Crippen LogP contribution is 2.32. The maximum absolute atomic E-state index is 12.3. The zero-order chi connectivity index (χ0) is 21.7. The Morgan fingerprint density at radius 1 is 1.03 bits per heavy atom. The number of halogens is 2. The van der Waals surface area contributed by atoms with E-state index in [4.69, 9.17) is 41.8 Å². The van der Waals surface area contributed by atoms with E-state index in [1.165, 1.54) is 4.90 Å². The van der Waals surface area contributed by atoms with E-state index in [9.17, 15) is 4.79 Å². The van der Waals surface area contributed by atoms with Gasteiger partial charge in [-0.05, 0) is 36.4 Å². The number of nitrogens with zero attached hydrogens (tertiary/aromatic N) is 3. The van der Waals surface area contributed by atoms with Gasteiger partial charge in [0.15, 0.2) is 18.1 Å². The van der Waals surface area contributed by atoms with E-state index in [1.54, 1.807) is 57.7 Å². The summed E-state index contributed by atoms with van der Waals surface area (Å²) >= 11 is 11.9. The molecule has 3 rings (SSSR count). The largest absolute Gasteiger partial charge is 0.493 e. The van der Waals surface area contributed by atoms with Gasteiger partial charge in [-0.15, -0.1) is 10.2 Å². The second kappa shape index (κ2) is 9.69. The number of ether oxygens (including phenoxy) is 3. The molecule has 2 aromatic carbocycles. The van der Waals surface area contributed by atoms with Crippen molar-refractivity contribution in [2.24, 2.45) is 0 Å². The molecule has 0 aliphatic carbocycles. The number of carbonyl (C=O) groups is 1. The lowest BCUT2D eigenvalue weighted by Crippen LogP contribution is -2.31. The maximum atomic E-state index is 12.3. The van der Waals surface area contributed by atoms with Crippen LogP contribution in [0.2, 0.25) is 10.0 Å². The number of carbonyl (C=O) groups excluding carboxylic acids is 1. The molecule has 30 heavy (non-hydrogen) atoms. The minimum Gasteiger partial charge on any atom is -0.493 e. The Morgan fingerprint density at radius 3 is 2.47 bits per heavy atom. The Hall–Kier alpha value is -2.97. The SMILES string of the molecule is COc1ccc(-c2nnc(CN(C)C(=O)COc3ccc(Cl)cc3Cl)o2)cc1OC. The summed E-state index contributed by atoms with van der Waals surface area (Å²) in [6.07, 6.45) is 0. The molecule has 1 heterocycles. The van der Waals surface area contributed by atoms with Gasteiger partial charge in [0.25, 0.3) is 5.91 Å². The molecule has 3 aromatic rings. The second-order valence-electron chi connectivity index (χ2n) is 6.18. The number of benzene rings is 2. The topological polar surface area (TPSA) is 86.9 Å². The van der Waals surface area contributed by atoms with Crippen molar-refractivity contribution in [2.45, 2.75) is 6.54 Å². The van der Waals surface area contributed by atoms with Crippen molar-refractivity contribution in [1.82, 2.24) is 15.1 Å². The summed E-state index contributed by atoms with van der Waals surface area (Å²) in [7, 11) is 4.70. The Morgan fingerprint density at radius 2 is 1.77 bits per heavy atom. The third kappa shape index (κ3) is 5.14. The van der Waals surface area contributed by atoms with E-state index >= 15 is 0 Å². The van der Waals surface area contributed by atoms with Gasteiger partial charge < -0.3 is 23.5 Å². The lowest BCUT2D eigenvalue weighted by molar-refractivity contribution is -0.132. The number of amides is 1. The molecule has 1 amide bonds. The van der Waals surface area contributed by atoms with Crippen LogP contribution in [0.1, 0.15) is 5.89 Å². The van der Waals surface area contributed by atoms with Crippen molar-refractivity contribution in [2.75, 3.05) is 27.9 Å². The first-order chi connectivity index (χ1) is 14.4. The predicted octanol–water partition coefficient (Wildman–Crippen LogP) is 4.10. The van der Waals surface area contributed by atoms with Crippen LogP contribution in [-0.4, -0.2) is 48.9 Å². The predicted molar refractivity (Wildman–Crippen MR) is 111 cm³/mol. The van der Waals surface area contributed by atoms with Crippen LogP contribution in [-0.2, 0) is 11.3 Å². The number of methoxy groups -OCH3 is 2. The van der Waals surface area contributed by atoms with Crippen molar-refractivity contribution >= 4 is 29.1 Å². The van der Waals surface area contributed by atoms with Gasteiger partial charge in [0, 0.05) is 17.6 Å². The van der Waals surface area contributed by atoms with Crippen LogP contribution in [0.15, 0.2) is 40.8 Å². The van der Waals surface area contributed by atoms with Crippen LogP contribution in [0.3, 0.4) is 0 Å². The minimum atomic E-state index is -0.285. The zero-order valence-corrected chi connectivity index (χ0v) is 18.0. The minimum absolute atomic E-state index is 0.122. The molecular weight excluding hydrogens is 433 g/mol. The molecule has 0 atom stereocenters. The molecule has 10 heteroatoms. The van der Waals surface area contributed by atoms with Crippen LogP contribution in [0, 0.1) is 0 Å². The summed E-state index contributed by atoms with van der Waals surface area (Å²) in [5, 5.41) is 8.84. The summed E-state index contributed by atoms with van der Waals surface area (Å²) in [6, 6.07) is 10.0. The fourth-order valence-electron chi connectivity index (χ4n) is 2.54. The van der Waals surface area contributed by atoms with Crippen molar-refractivity contribution in [3.63, 3.8) is 0 Å². The fraction of sp³-hybridized carbons (Fsp3) is 0.250. The highest BCUT2D eigenvalue weighted by Gasteiger charge is 2.17. The molecule has 0 fully saturated rings. The zero-order valence-electron chi connectivity index (χ0n) is 16.5. The smallest absolute Gasteiger partial charge is 0.260 e. The van der Waals surface area contributed by atoms with E-state index in [0.717, 1.165) is 0 Å². The maximum Gasteiger partial charge on any atom is 0.260 e.